The highest BCUT2D eigenvalue weighted by molar-refractivity contribution is 5.67. The lowest BCUT2D eigenvalue weighted by Crippen LogP contribution is -2.44. The zero-order valence-corrected chi connectivity index (χ0v) is 30.9. The van der Waals surface area contributed by atoms with E-state index in [1.807, 2.05) is 6.20 Å². The van der Waals surface area contributed by atoms with E-state index in [9.17, 15) is 0 Å². The molecule has 49 heavy (non-hydrogen) atoms. The molecule has 3 heteroatoms. The van der Waals surface area contributed by atoms with Crippen molar-refractivity contribution in [1.29, 1.82) is 0 Å². The summed E-state index contributed by atoms with van der Waals surface area (Å²) >= 11 is 0. The van der Waals surface area contributed by atoms with Crippen LogP contribution in [-0.2, 0) is 19.5 Å². The minimum absolute atomic E-state index is 0.497. The third kappa shape index (κ3) is 8.33. The molecule has 1 aliphatic heterocycles. The Bertz CT molecular complexity index is 1830. The molecule has 2 heterocycles. The van der Waals surface area contributed by atoms with Crippen LogP contribution in [0.25, 0.3) is 22.4 Å². The number of aryl methyl sites for hydroxylation is 5. The first-order valence-electron chi connectivity index (χ1n) is 18.5. The van der Waals surface area contributed by atoms with Crippen molar-refractivity contribution < 1.29 is 0 Å². The number of pyridine rings is 1. The highest BCUT2D eigenvalue weighted by Gasteiger charge is 2.26. The molecule has 1 aromatic heterocycles. The van der Waals surface area contributed by atoms with Gasteiger partial charge in [0.15, 0.2) is 0 Å². The molecule has 5 aromatic rings. The summed E-state index contributed by atoms with van der Waals surface area (Å²) in [5.74, 6) is 0. The van der Waals surface area contributed by atoms with Gasteiger partial charge in [0.05, 0.1) is 5.69 Å². The van der Waals surface area contributed by atoms with Crippen LogP contribution in [0.15, 0.2) is 91.1 Å². The average Bonchev–Trinajstić information content (AvgIpc) is 3.11. The van der Waals surface area contributed by atoms with Gasteiger partial charge < -0.3 is 4.90 Å². The first-order chi connectivity index (χ1) is 23.7. The first-order valence-corrected chi connectivity index (χ1v) is 18.5. The Labute approximate surface area is 296 Å². The number of likely N-dealkylation sites (tertiary alicyclic amines) is 1. The molecule has 0 unspecified atom stereocenters. The molecule has 0 saturated carbocycles. The number of hydrogen-bond donors (Lipinski definition) is 0. The normalized spacial score (nSPS) is 13.9. The fraction of sp³-hybridized carbons (Fsp3) is 0.370. The lowest BCUT2D eigenvalue weighted by Gasteiger charge is -2.40. The second-order valence-electron chi connectivity index (χ2n) is 14.6. The van der Waals surface area contributed by atoms with Crippen molar-refractivity contribution in [3.63, 3.8) is 0 Å². The highest BCUT2D eigenvalue weighted by Crippen LogP contribution is 2.31. The van der Waals surface area contributed by atoms with Crippen LogP contribution in [0.5, 0.6) is 0 Å². The summed E-state index contributed by atoms with van der Waals surface area (Å²) in [5, 5.41) is 0. The summed E-state index contributed by atoms with van der Waals surface area (Å²) in [5.41, 5.74) is 18.6. The van der Waals surface area contributed by atoms with E-state index in [1.54, 1.807) is 0 Å². The van der Waals surface area contributed by atoms with Crippen LogP contribution in [0, 0.1) is 41.5 Å². The molecule has 4 aromatic carbocycles. The number of unbranched alkanes of at least 4 members (excludes halogenated alkanes) is 1. The Morgan fingerprint density at radius 1 is 0.653 bits per heavy atom. The minimum atomic E-state index is 0.497. The van der Waals surface area contributed by atoms with Crippen molar-refractivity contribution in [3.8, 4) is 22.4 Å². The Kier molecular flexibility index (Phi) is 11.0. The maximum absolute atomic E-state index is 4.76. The van der Waals surface area contributed by atoms with Gasteiger partial charge in [-0.05, 0) is 171 Å². The summed E-state index contributed by atoms with van der Waals surface area (Å²) in [6, 6.07) is 33.0. The molecule has 3 nitrogen and oxygen atoms in total. The van der Waals surface area contributed by atoms with Gasteiger partial charge in [-0.25, -0.2) is 0 Å². The predicted molar refractivity (Wildman–Crippen MR) is 210 cm³/mol. The maximum atomic E-state index is 4.76. The van der Waals surface area contributed by atoms with Gasteiger partial charge in [-0.1, -0.05) is 55.8 Å². The van der Waals surface area contributed by atoms with E-state index < -0.39 is 0 Å². The van der Waals surface area contributed by atoms with Crippen molar-refractivity contribution in [2.75, 3.05) is 18.0 Å². The standard InChI is InChI=1S/C46H55N3/c1-8-9-11-38-14-16-44(17-15-38)49(31-39-12-10-13-41(28-39)42-24-32(2)36(6)33(3)25-42)45-19-22-48(23-20-45)30-40-18-21-47-46(29-40)43-26-34(4)37(7)35(5)27-43/h10,12-18,21,24-29,45H,8-9,11,19-20,22-23,30-31H2,1-7H3. The number of piperidine rings is 1. The number of rotatable bonds is 11. The van der Waals surface area contributed by atoms with Crippen LogP contribution in [0.2, 0.25) is 0 Å². The molecule has 1 fully saturated rings. The van der Waals surface area contributed by atoms with E-state index in [0.717, 1.165) is 51.1 Å². The van der Waals surface area contributed by atoms with Crippen LogP contribution < -0.4 is 4.90 Å². The van der Waals surface area contributed by atoms with Gasteiger partial charge in [-0.3, -0.25) is 9.88 Å². The molecule has 1 saturated heterocycles. The molecule has 0 N–H and O–H groups in total. The zero-order chi connectivity index (χ0) is 34.5. The van der Waals surface area contributed by atoms with Crippen molar-refractivity contribution in [2.45, 2.75) is 99.7 Å². The Balaban J connectivity index is 1.19. The SMILES string of the molecule is CCCCc1ccc(N(Cc2cccc(-c3cc(C)c(C)c(C)c3)c2)C2CCN(Cc3ccnc(-c4cc(C)c(C)c(C)c4)c3)CC2)cc1. The molecule has 0 atom stereocenters. The van der Waals surface area contributed by atoms with Gasteiger partial charge in [0.2, 0.25) is 0 Å². The van der Waals surface area contributed by atoms with Crippen LogP contribution in [0.3, 0.4) is 0 Å². The van der Waals surface area contributed by atoms with E-state index in [1.165, 1.54) is 85.3 Å². The first kappa shape index (κ1) is 34.6. The second-order valence-corrected chi connectivity index (χ2v) is 14.6. The molecular weight excluding hydrogens is 595 g/mol. The minimum Gasteiger partial charge on any atom is -0.364 e. The molecule has 0 amide bonds. The number of anilines is 1. The molecule has 0 bridgehead atoms. The topological polar surface area (TPSA) is 19.4 Å². The van der Waals surface area contributed by atoms with E-state index >= 15 is 0 Å². The number of benzene rings is 4. The van der Waals surface area contributed by atoms with E-state index in [2.05, 4.69) is 143 Å². The largest absolute Gasteiger partial charge is 0.364 e. The zero-order valence-electron chi connectivity index (χ0n) is 30.9. The molecule has 0 spiro atoms. The van der Waals surface area contributed by atoms with Gasteiger partial charge in [-0.15, -0.1) is 0 Å². The Hall–Kier alpha value is -4.21. The van der Waals surface area contributed by atoms with Gasteiger partial charge >= 0.3 is 0 Å². The van der Waals surface area contributed by atoms with Gasteiger partial charge in [0.1, 0.15) is 0 Å². The third-order valence-electron chi connectivity index (χ3n) is 11.1. The molecule has 0 radical (unpaired) electrons. The fourth-order valence-corrected chi connectivity index (χ4v) is 7.48. The van der Waals surface area contributed by atoms with Crippen LogP contribution >= 0.6 is 0 Å². The van der Waals surface area contributed by atoms with E-state index in [-0.39, 0.29) is 0 Å². The molecule has 254 valence electrons. The summed E-state index contributed by atoms with van der Waals surface area (Å²) in [6.07, 6.45) is 7.93. The Morgan fingerprint density at radius 3 is 1.92 bits per heavy atom. The predicted octanol–water partition coefficient (Wildman–Crippen LogP) is 11.3. The van der Waals surface area contributed by atoms with E-state index in [4.69, 9.17) is 4.98 Å². The molecular formula is C46H55N3. The van der Waals surface area contributed by atoms with E-state index in [0.29, 0.717) is 6.04 Å². The van der Waals surface area contributed by atoms with Gasteiger partial charge in [-0.2, -0.15) is 0 Å². The number of hydrogen-bond acceptors (Lipinski definition) is 3. The molecule has 6 rings (SSSR count). The second kappa shape index (κ2) is 15.6. The third-order valence-corrected chi connectivity index (χ3v) is 11.1. The van der Waals surface area contributed by atoms with Gasteiger partial charge in [0, 0.05) is 49.7 Å². The summed E-state index contributed by atoms with van der Waals surface area (Å²) in [7, 11) is 0. The van der Waals surface area contributed by atoms with Crippen molar-refractivity contribution in [2.24, 2.45) is 0 Å². The summed E-state index contributed by atoms with van der Waals surface area (Å²) < 4.78 is 0. The molecule has 0 aliphatic carbocycles. The summed E-state index contributed by atoms with van der Waals surface area (Å²) in [6.45, 7) is 19.6. The smallest absolute Gasteiger partial charge is 0.0705 e. The fourth-order valence-electron chi connectivity index (χ4n) is 7.48. The number of aromatic nitrogens is 1. The number of nitrogens with zero attached hydrogens (tertiary/aromatic N) is 3. The molecule has 1 aliphatic rings. The van der Waals surface area contributed by atoms with Crippen molar-refractivity contribution >= 4 is 5.69 Å². The maximum Gasteiger partial charge on any atom is 0.0705 e. The van der Waals surface area contributed by atoms with Crippen molar-refractivity contribution in [1.82, 2.24) is 9.88 Å². The monoisotopic (exact) mass is 649 g/mol. The van der Waals surface area contributed by atoms with Crippen LogP contribution in [0.1, 0.15) is 82.7 Å². The summed E-state index contributed by atoms with van der Waals surface area (Å²) in [4.78, 5) is 10.1. The lowest BCUT2D eigenvalue weighted by atomic mass is 9.95. The average molecular weight is 650 g/mol. The lowest BCUT2D eigenvalue weighted by molar-refractivity contribution is 0.201. The van der Waals surface area contributed by atoms with Crippen LogP contribution in [0.4, 0.5) is 5.69 Å². The Morgan fingerprint density at radius 2 is 1.29 bits per heavy atom. The van der Waals surface area contributed by atoms with Gasteiger partial charge in [0.25, 0.3) is 0 Å². The van der Waals surface area contributed by atoms with Crippen molar-refractivity contribution in [3.05, 3.63) is 141 Å². The quantitative estimate of drug-likeness (QED) is 0.142. The van der Waals surface area contributed by atoms with Crippen LogP contribution in [-0.4, -0.2) is 29.0 Å². The highest BCUT2D eigenvalue weighted by atomic mass is 15.2.